The lowest BCUT2D eigenvalue weighted by atomic mass is 9.98. The fraction of sp³-hybridized carbons (Fsp3) is 0.435. The van der Waals surface area contributed by atoms with Gasteiger partial charge in [0.1, 0.15) is 11.9 Å². The highest BCUT2D eigenvalue weighted by Crippen LogP contribution is 2.34. The van der Waals surface area contributed by atoms with Crippen molar-refractivity contribution in [2.24, 2.45) is 0 Å². The maximum atomic E-state index is 12.4. The predicted molar refractivity (Wildman–Crippen MR) is 113 cm³/mol. The molecule has 0 bridgehead atoms. The minimum atomic E-state index is -0.685. The van der Waals surface area contributed by atoms with E-state index in [9.17, 15) is 15.0 Å². The Kier molecular flexibility index (Phi) is 6.15. The fourth-order valence-electron chi connectivity index (χ4n) is 3.52. The number of carbonyl (C=O) groups is 1. The van der Waals surface area contributed by atoms with Crippen molar-refractivity contribution < 1.29 is 19.7 Å². The van der Waals surface area contributed by atoms with E-state index in [1.807, 2.05) is 45.0 Å². The Morgan fingerprint density at radius 1 is 1.24 bits per heavy atom. The highest BCUT2D eigenvalue weighted by atomic mass is 16.6. The topological polar surface area (TPSA) is 82.0 Å². The number of hydrogen-bond acceptors (Lipinski definition) is 5. The number of benzene rings is 2. The van der Waals surface area contributed by atoms with Gasteiger partial charge in [-0.3, -0.25) is 4.90 Å². The average Bonchev–Trinajstić information content (AvgIpc) is 2.68. The molecule has 1 amide bonds. The number of aliphatic hydroxyl groups is 1. The number of rotatable bonds is 7. The minimum Gasteiger partial charge on any atom is -0.508 e. The Morgan fingerprint density at radius 2 is 1.97 bits per heavy atom. The molecule has 1 aliphatic heterocycles. The molecule has 0 fully saturated rings. The van der Waals surface area contributed by atoms with Crippen molar-refractivity contribution in [1.29, 1.82) is 0 Å². The van der Waals surface area contributed by atoms with Gasteiger partial charge in [0.2, 0.25) is 0 Å². The van der Waals surface area contributed by atoms with E-state index in [2.05, 4.69) is 5.32 Å². The van der Waals surface area contributed by atoms with Crippen molar-refractivity contribution >= 4 is 11.8 Å². The third-order valence-electron chi connectivity index (χ3n) is 5.50. The number of cyclic esters (lactones) is 1. The number of aliphatic hydroxyl groups excluding tert-OH is 1. The number of hydrogen-bond donors (Lipinski definition) is 3. The van der Waals surface area contributed by atoms with Gasteiger partial charge in [0.15, 0.2) is 0 Å². The van der Waals surface area contributed by atoms with Crippen LogP contribution in [0.15, 0.2) is 42.5 Å². The van der Waals surface area contributed by atoms with Crippen LogP contribution in [0.2, 0.25) is 0 Å². The number of amides is 1. The lowest BCUT2D eigenvalue weighted by Crippen LogP contribution is -2.46. The zero-order valence-electron chi connectivity index (χ0n) is 17.5. The Labute approximate surface area is 172 Å². The number of β-amino-alcohol motifs (C(OH)–C–C–N with tert-alkyl or cyclic N) is 1. The largest absolute Gasteiger partial charge is 0.508 e. The van der Waals surface area contributed by atoms with Crippen molar-refractivity contribution in [2.45, 2.75) is 51.9 Å². The van der Waals surface area contributed by atoms with Crippen LogP contribution in [0.25, 0.3) is 0 Å². The zero-order valence-corrected chi connectivity index (χ0v) is 17.5. The summed E-state index contributed by atoms with van der Waals surface area (Å²) >= 11 is 0. The summed E-state index contributed by atoms with van der Waals surface area (Å²) < 4.78 is 5.47. The summed E-state index contributed by atoms with van der Waals surface area (Å²) in [7, 11) is 0. The molecule has 156 valence electrons. The summed E-state index contributed by atoms with van der Waals surface area (Å²) in [5, 5.41) is 23.5. The molecule has 1 heterocycles. The first-order valence-electron chi connectivity index (χ1n) is 9.97. The minimum absolute atomic E-state index is 0.220. The third-order valence-corrected chi connectivity index (χ3v) is 5.50. The van der Waals surface area contributed by atoms with E-state index in [1.54, 1.807) is 30.0 Å². The number of phenolic OH excluding ortho intramolecular Hbond substituents is 1. The van der Waals surface area contributed by atoms with Crippen LogP contribution in [0.4, 0.5) is 10.5 Å². The number of anilines is 1. The van der Waals surface area contributed by atoms with Crippen LogP contribution >= 0.6 is 0 Å². The van der Waals surface area contributed by atoms with Gasteiger partial charge < -0.3 is 20.3 Å². The van der Waals surface area contributed by atoms with E-state index in [0.717, 1.165) is 22.4 Å². The molecular weight excluding hydrogens is 368 g/mol. The molecule has 1 aliphatic rings. The van der Waals surface area contributed by atoms with Gasteiger partial charge in [-0.05, 0) is 63.4 Å². The SMILES string of the molecule is Cc1cc(C(O)CNC(C)(C)CCN2C(=O)OC(C)c3ccccc32)ccc1O. The first kappa shape index (κ1) is 21.1. The second-order valence-electron chi connectivity index (χ2n) is 8.31. The maximum Gasteiger partial charge on any atom is 0.414 e. The van der Waals surface area contributed by atoms with Crippen molar-refractivity contribution in [3.8, 4) is 5.75 Å². The predicted octanol–water partition coefficient (Wildman–Crippen LogP) is 4.21. The molecule has 2 aromatic carbocycles. The average molecular weight is 399 g/mol. The van der Waals surface area contributed by atoms with Gasteiger partial charge in [0.25, 0.3) is 0 Å². The number of carbonyl (C=O) groups excluding carboxylic acids is 1. The molecule has 2 unspecified atom stereocenters. The maximum absolute atomic E-state index is 12.4. The van der Waals surface area contributed by atoms with Gasteiger partial charge in [-0.25, -0.2) is 4.79 Å². The molecule has 0 saturated heterocycles. The molecule has 2 aromatic rings. The van der Waals surface area contributed by atoms with Gasteiger partial charge in [-0.2, -0.15) is 0 Å². The lowest BCUT2D eigenvalue weighted by molar-refractivity contribution is 0.107. The van der Waals surface area contributed by atoms with Crippen molar-refractivity contribution in [2.75, 3.05) is 18.0 Å². The van der Waals surface area contributed by atoms with E-state index in [1.165, 1.54) is 0 Å². The summed E-state index contributed by atoms with van der Waals surface area (Å²) in [5.41, 5.74) is 3.09. The number of ether oxygens (including phenoxy) is 1. The number of aromatic hydroxyl groups is 1. The van der Waals surface area contributed by atoms with E-state index in [0.29, 0.717) is 19.5 Å². The summed E-state index contributed by atoms with van der Waals surface area (Å²) in [4.78, 5) is 14.1. The highest BCUT2D eigenvalue weighted by Gasteiger charge is 2.31. The van der Waals surface area contributed by atoms with Crippen LogP contribution in [0.5, 0.6) is 5.75 Å². The van der Waals surface area contributed by atoms with Crippen molar-refractivity contribution in [3.05, 3.63) is 59.2 Å². The molecule has 3 N–H and O–H groups in total. The van der Waals surface area contributed by atoms with Gasteiger partial charge in [0, 0.05) is 24.2 Å². The van der Waals surface area contributed by atoms with Crippen LogP contribution in [0, 0.1) is 6.92 Å². The molecule has 6 heteroatoms. The number of fused-ring (bicyclic) bond motifs is 1. The second-order valence-corrected chi connectivity index (χ2v) is 8.31. The van der Waals surface area contributed by atoms with Gasteiger partial charge >= 0.3 is 6.09 Å². The van der Waals surface area contributed by atoms with Crippen LogP contribution in [-0.2, 0) is 4.74 Å². The van der Waals surface area contributed by atoms with Crippen LogP contribution in [-0.4, -0.2) is 34.9 Å². The lowest BCUT2D eigenvalue weighted by Gasteiger charge is -2.35. The molecule has 3 rings (SSSR count). The van der Waals surface area contributed by atoms with Crippen molar-refractivity contribution in [3.63, 3.8) is 0 Å². The Balaban J connectivity index is 1.60. The number of phenols is 1. The quantitative estimate of drug-likeness (QED) is 0.651. The van der Waals surface area contributed by atoms with Gasteiger partial charge in [-0.1, -0.05) is 24.3 Å². The van der Waals surface area contributed by atoms with Gasteiger partial charge in [-0.15, -0.1) is 0 Å². The molecule has 0 aromatic heterocycles. The van der Waals surface area contributed by atoms with Crippen LogP contribution in [0.1, 0.15) is 56.1 Å². The first-order valence-corrected chi connectivity index (χ1v) is 9.97. The molecule has 0 saturated carbocycles. The van der Waals surface area contributed by atoms with Crippen LogP contribution < -0.4 is 10.2 Å². The summed E-state index contributed by atoms with van der Waals surface area (Å²) in [6.45, 7) is 8.66. The van der Waals surface area contributed by atoms with E-state index >= 15 is 0 Å². The normalized spacial score (nSPS) is 17.6. The monoisotopic (exact) mass is 398 g/mol. The number of nitrogens with zero attached hydrogens (tertiary/aromatic N) is 1. The smallest absolute Gasteiger partial charge is 0.414 e. The second kappa shape index (κ2) is 8.43. The molecule has 0 radical (unpaired) electrons. The first-order chi connectivity index (χ1) is 13.7. The molecule has 29 heavy (non-hydrogen) atoms. The highest BCUT2D eigenvalue weighted by molar-refractivity contribution is 5.90. The fourth-order valence-corrected chi connectivity index (χ4v) is 3.52. The summed E-state index contributed by atoms with van der Waals surface area (Å²) in [6, 6.07) is 12.9. The summed E-state index contributed by atoms with van der Waals surface area (Å²) in [6.07, 6.45) is -0.571. The molecule has 2 atom stereocenters. The number of para-hydroxylation sites is 1. The Morgan fingerprint density at radius 3 is 2.69 bits per heavy atom. The molecular formula is C23H30N2O4. The zero-order chi connectivity index (χ0) is 21.2. The van der Waals surface area contributed by atoms with Gasteiger partial charge in [0.05, 0.1) is 11.8 Å². The standard InChI is InChI=1S/C23H30N2O4/c1-15-13-17(9-10-20(15)26)21(27)14-24-23(3,4)11-12-25-19-8-6-5-7-18(19)16(2)29-22(25)28/h5-10,13,16,21,24,26-27H,11-12,14H2,1-4H3. The third kappa shape index (κ3) is 4.89. The van der Waals surface area contributed by atoms with Crippen molar-refractivity contribution in [1.82, 2.24) is 5.32 Å². The van der Waals surface area contributed by atoms with E-state index < -0.39 is 6.10 Å². The molecule has 6 nitrogen and oxygen atoms in total. The number of nitrogens with one attached hydrogen (secondary N) is 1. The Bertz CT molecular complexity index is 881. The summed E-state index contributed by atoms with van der Waals surface area (Å²) in [5.74, 6) is 0.220. The van der Waals surface area contributed by atoms with Crippen LogP contribution in [0.3, 0.4) is 0 Å². The molecule has 0 aliphatic carbocycles. The van der Waals surface area contributed by atoms with E-state index in [4.69, 9.17) is 4.74 Å². The van der Waals surface area contributed by atoms with E-state index in [-0.39, 0.29) is 23.5 Å². The molecule has 0 spiro atoms. The number of aryl methyl sites for hydroxylation is 1. The Hall–Kier alpha value is -2.57.